The fourth-order valence-corrected chi connectivity index (χ4v) is 1.65. The maximum Gasteiger partial charge on any atom is 0.238 e. The molecule has 1 aromatic rings. The average Bonchev–Trinajstić information content (AvgIpc) is 3.09. The van der Waals surface area contributed by atoms with Gasteiger partial charge in [0.05, 0.1) is 6.54 Å². The molecule has 5 heteroatoms. The van der Waals surface area contributed by atoms with Crippen LogP contribution in [0.1, 0.15) is 18.4 Å². The smallest absolute Gasteiger partial charge is 0.238 e. The number of anilines is 1. The highest BCUT2D eigenvalue weighted by atomic mass is 35.5. The zero-order valence-electron chi connectivity index (χ0n) is 10.3. The lowest BCUT2D eigenvalue weighted by Crippen LogP contribution is -2.29. The molecule has 0 spiro atoms. The van der Waals surface area contributed by atoms with Crippen molar-refractivity contribution in [1.82, 2.24) is 5.32 Å². The first-order chi connectivity index (χ1) is 8.16. The highest BCUT2D eigenvalue weighted by Crippen LogP contribution is 2.27. The monoisotopic (exact) mass is 272 g/mol. The largest absolute Gasteiger partial charge is 0.325 e. The number of halogens is 2. The molecule has 18 heavy (non-hydrogen) atoms. The molecule has 0 atom stereocenters. The van der Waals surface area contributed by atoms with E-state index in [0.717, 1.165) is 12.5 Å². The van der Waals surface area contributed by atoms with E-state index in [1.165, 1.54) is 18.9 Å². The number of amides is 1. The molecule has 1 amide bonds. The first kappa shape index (κ1) is 14.9. The lowest BCUT2D eigenvalue weighted by atomic mass is 10.2. The number of hydrogen-bond donors (Lipinski definition) is 2. The van der Waals surface area contributed by atoms with E-state index in [2.05, 4.69) is 10.6 Å². The molecule has 1 aliphatic carbocycles. The Bertz CT molecular complexity index is 421. The van der Waals surface area contributed by atoms with Crippen molar-refractivity contribution < 1.29 is 9.18 Å². The van der Waals surface area contributed by atoms with Crippen molar-refractivity contribution >= 4 is 24.0 Å². The van der Waals surface area contributed by atoms with Gasteiger partial charge >= 0.3 is 0 Å². The van der Waals surface area contributed by atoms with Crippen molar-refractivity contribution in [2.24, 2.45) is 5.92 Å². The Hall–Kier alpha value is -1.13. The van der Waals surface area contributed by atoms with Crippen molar-refractivity contribution in [3.8, 4) is 0 Å². The topological polar surface area (TPSA) is 41.1 Å². The van der Waals surface area contributed by atoms with Crippen LogP contribution in [0.25, 0.3) is 0 Å². The van der Waals surface area contributed by atoms with Gasteiger partial charge in [-0.1, -0.05) is 6.07 Å². The zero-order valence-corrected chi connectivity index (χ0v) is 11.1. The normalized spacial score (nSPS) is 13.9. The Kier molecular flexibility index (Phi) is 5.56. The molecule has 3 nitrogen and oxygen atoms in total. The van der Waals surface area contributed by atoms with Gasteiger partial charge in [0.2, 0.25) is 5.91 Å². The Morgan fingerprint density at radius 1 is 1.44 bits per heavy atom. The van der Waals surface area contributed by atoms with Gasteiger partial charge in [-0.2, -0.15) is 0 Å². The van der Waals surface area contributed by atoms with Gasteiger partial charge in [-0.25, -0.2) is 4.39 Å². The van der Waals surface area contributed by atoms with Crippen LogP contribution in [-0.2, 0) is 4.79 Å². The minimum Gasteiger partial charge on any atom is -0.325 e. The molecule has 100 valence electrons. The van der Waals surface area contributed by atoms with E-state index >= 15 is 0 Å². The van der Waals surface area contributed by atoms with Crippen molar-refractivity contribution in [1.29, 1.82) is 0 Å². The van der Waals surface area contributed by atoms with Crippen LogP contribution in [0.3, 0.4) is 0 Å². The summed E-state index contributed by atoms with van der Waals surface area (Å²) in [5.41, 5.74) is 1.02. The molecule has 2 rings (SSSR count). The second kappa shape index (κ2) is 6.71. The third kappa shape index (κ3) is 4.27. The second-order valence-corrected chi connectivity index (χ2v) is 4.53. The average molecular weight is 273 g/mol. The first-order valence-corrected chi connectivity index (χ1v) is 5.92. The predicted octanol–water partition coefficient (Wildman–Crippen LogP) is 2.49. The molecule has 0 radical (unpaired) electrons. The molecule has 2 N–H and O–H groups in total. The third-order valence-corrected chi connectivity index (χ3v) is 2.96. The standard InChI is InChI=1S/C13H17FN2O.ClH/c1-9-11(14)3-2-4-12(9)16-13(17)8-15-7-10-5-6-10;/h2-4,10,15H,5-8H2,1H3,(H,16,17);1H. The van der Waals surface area contributed by atoms with Gasteiger partial charge in [0.15, 0.2) is 0 Å². The van der Waals surface area contributed by atoms with Crippen LogP contribution in [0.2, 0.25) is 0 Å². The highest BCUT2D eigenvalue weighted by Gasteiger charge is 2.20. The zero-order chi connectivity index (χ0) is 12.3. The summed E-state index contributed by atoms with van der Waals surface area (Å²) in [6, 6.07) is 4.68. The van der Waals surface area contributed by atoms with Crippen molar-refractivity contribution in [3.05, 3.63) is 29.6 Å². The van der Waals surface area contributed by atoms with Gasteiger partial charge in [0.25, 0.3) is 0 Å². The molecule has 1 aromatic carbocycles. The van der Waals surface area contributed by atoms with Gasteiger partial charge < -0.3 is 10.6 Å². The van der Waals surface area contributed by atoms with Gasteiger partial charge in [0.1, 0.15) is 5.82 Å². The van der Waals surface area contributed by atoms with Gasteiger partial charge in [-0.3, -0.25) is 4.79 Å². The third-order valence-electron chi connectivity index (χ3n) is 2.96. The molecule has 0 bridgehead atoms. The molecule has 1 saturated carbocycles. The Morgan fingerprint density at radius 2 is 2.17 bits per heavy atom. The quantitative estimate of drug-likeness (QED) is 0.865. The van der Waals surface area contributed by atoms with Crippen molar-refractivity contribution in [2.75, 3.05) is 18.4 Å². The summed E-state index contributed by atoms with van der Waals surface area (Å²) in [6.07, 6.45) is 2.52. The molecule has 0 aromatic heterocycles. The van der Waals surface area contributed by atoms with Gasteiger partial charge in [-0.05, 0) is 44.4 Å². The summed E-state index contributed by atoms with van der Waals surface area (Å²) in [4.78, 5) is 11.6. The molecular weight excluding hydrogens is 255 g/mol. The molecule has 0 aliphatic heterocycles. The number of benzene rings is 1. The van der Waals surface area contributed by atoms with Crippen LogP contribution in [0.15, 0.2) is 18.2 Å². The van der Waals surface area contributed by atoms with E-state index in [1.54, 1.807) is 19.1 Å². The lowest BCUT2D eigenvalue weighted by Gasteiger charge is -2.09. The Labute approximate surface area is 113 Å². The maximum absolute atomic E-state index is 13.2. The van der Waals surface area contributed by atoms with Crippen molar-refractivity contribution in [2.45, 2.75) is 19.8 Å². The minimum absolute atomic E-state index is 0. The second-order valence-electron chi connectivity index (χ2n) is 4.53. The Balaban J connectivity index is 0.00000162. The number of rotatable bonds is 5. The summed E-state index contributed by atoms with van der Waals surface area (Å²) >= 11 is 0. The van der Waals surface area contributed by atoms with E-state index in [-0.39, 0.29) is 30.7 Å². The summed E-state index contributed by atoms with van der Waals surface area (Å²) in [5, 5.41) is 5.80. The maximum atomic E-state index is 13.2. The van der Waals surface area contributed by atoms with E-state index in [4.69, 9.17) is 0 Å². The Morgan fingerprint density at radius 3 is 2.83 bits per heavy atom. The van der Waals surface area contributed by atoms with Crippen LogP contribution in [-0.4, -0.2) is 19.0 Å². The summed E-state index contributed by atoms with van der Waals surface area (Å²) in [5.74, 6) is 0.326. The van der Waals surface area contributed by atoms with E-state index < -0.39 is 0 Å². The SMILES string of the molecule is Cc1c(F)cccc1NC(=O)CNCC1CC1.Cl. The van der Waals surface area contributed by atoms with Crippen LogP contribution >= 0.6 is 12.4 Å². The van der Waals surface area contributed by atoms with Crippen molar-refractivity contribution in [3.63, 3.8) is 0 Å². The van der Waals surface area contributed by atoms with Gasteiger partial charge in [0, 0.05) is 11.3 Å². The summed E-state index contributed by atoms with van der Waals surface area (Å²) in [7, 11) is 0. The predicted molar refractivity (Wildman–Crippen MR) is 72.6 cm³/mol. The summed E-state index contributed by atoms with van der Waals surface area (Å²) < 4.78 is 13.2. The number of nitrogens with one attached hydrogen (secondary N) is 2. The fourth-order valence-electron chi connectivity index (χ4n) is 1.65. The number of carbonyl (C=O) groups excluding carboxylic acids is 1. The first-order valence-electron chi connectivity index (χ1n) is 5.92. The van der Waals surface area contributed by atoms with E-state index in [0.29, 0.717) is 11.3 Å². The minimum atomic E-state index is -0.297. The molecule has 0 unspecified atom stereocenters. The molecule has 0 saturated heterocycles. The van der Waals surface area contributed by atoms with Crippen LogP contribution in [0.4, 0.5) is 10.1 Å². The molecule has 1 aliphatic rings. The fraction of sp³-hybridized carbons (Fsp3) is 0.462. The van der Waals surface area contributed by atoms with Crippen LogP contribution in [0, 0.1) is 18.7 Å². The molecule has 0 heterocycles. The van der Waals surface area contributed by atoms with E-state index in [1.807, 2.05) is 0 Å². The lowest BCUT2D eigenvalue weighted by molar-refractivity contribution is -0.115. The van der Waals surface area contributed by atoms with Crippen LogP contribution < -0.4 is 10.6 Å². The number of hydrogen-bond acceptors (Lipinski definition) is 2. The summed E-state index contributed by atoms with van der Waals surface area (Å²) in [6.45, 7) is 2.84. The molecular formula is C13H18ClFN2O. The number of carbonyl (C=O) groups is 1. The van der Waals surface area contributed by atoms with Crippen LogP contribution in [0.5, 0.6) is 0 Å². The molecule has 1 fully saturated rings. The van der Waals surface area contributed by atoms with Gasteiger partial charge in [-0.15, -0.1) is 12.4 Å². The van der Waals surface area contributed by atoms with E-state index in [9.17, 15) is 9.18 Å². The highest BCUT2D eigenvalue weighted by molar-refractivity contribution is 5.92.